The van der Waals surface area contributed by atoms with Crippen LogP contribution in [0.25, 0.3) is 0 Å². The number of aromatic nitrogens is 2. The van der Waals surface area contributed by atoms with Crippen molar-refractivity contribution in [1.82, 2.24) is 9.97 Å². The van der Waals surface area contributed by atoms with Crippen LogP contribution in [0.15, 0.2) is 18.2 Å². The van der Waals surface area contributed by atoms with Gasteiger partial charge in [0, 0.05) is 16.5 Å². The summed E-state index contributed by atoms with van der Waals surface area (Å²) in [5, 5.41) is 1.08. The van der Waals surface area contributed by atoms with E-state index in [-0.39, 0.29) is 11.4 Å². The molecule has 0 atom stereocenters. The molecule has 1 aromatic heterocycles. The number of nitrogens with two attached hydrogens (primary N) is 2. The molecule has 1 aromatic carbocycles. The Kier molecular flexibility index (Phi) is 4.11. The summed E-state index contributed by atoms with van der Waals surface area (Å²) in [5.74, 6) is -0.101. The van der Waals surface area contributed by atoms with Crippen LogP contribution in [0.5, 0.6) is 0 Å². The third-order valence-corrected chi connectivity index (χ3v) is 3.36. The molecule has 0 aliphatic rings. The maximum Gasteiger partial charge on any atom is 0.254 e. The van der Waals surface area contributed by atoms with Crippen LogP contribution in [-0.4, -0.2) is 15.9 Å². The first-order chi connectivity index (χ1) is 9.38. The van der Waals surface area contributed by atoms with E-state index in [1.807, 2.05) is 0 Å². The number of carbonyl (C=O) groups excluding carboxylic acids is 1. The maximum atomic E-state index is 11.2. The second-order valence-electron chi connectivity index (χ2n) is 4.26. The fraction of sp³-hybridized carbons (Fsp3) is 0.154. The first kappa shape index (κ1) is 14.6. The van der Waals surface area contributed by atoms with Crippen molar-refractivity contribution < 1.29 is 4.79 Å². The Morgan fingerprint density at radius 3 is 2.55 bits per heavy atom. The van der Waals surface area contributed by atoms with E-state index in [1.165, 1.54) is 0 Å². The quantitative estimate of drug-likeness (QED) is 0.909. The van der Waals surface area contributed by atoms with Gasteiger partial charge in [-0.15, -0.1) is 0 Å². The van der Waals surface area contributed by atoms with E-state index in [1.54, 1.807) is 25.1 Å². The number of hydrogen-bond acceptors (Lipinski definition) is 4. The van der Waals surface area contributed by atoms with Crippen molar-refractivity contribution in [1.29, 1.82) is 0 Å². The molecule has 0 unspecified atom stereocenters. The summed E-state index contributed by atoms with van der Waals surface area (Å²) in [4.78, 5) is 19.5. The van der Waals surface area contributed by atoms with E-state index in [2.05, 4.69) is 9.97 Å². The van der Waals surface area contributed by atoms with E-state index in [0.717, 1.165) is 5.56 Å². The summed E-state index contributed by atoms with van der Waals surface area (Å²) in [5.41, 5.74) is 12.4. The Balaban J connectivity index is 2.37. The molecule has 5 nitrogen and oxygen atoms in total. The molecule has 0 radical (unpaired) electrons. The van der Waals surface area contributed by atoms with Gasteiger partial charge in [-0.1, -0.05) is 29.3 Å². The molecular weight excluding hydrogens is 299 g/mol. The lowest BCUT2D eigenvalue weighted by Gasteiger charge is -2.09. The van der Waals surface area contributed by atoms with Crippen molar-refractivity contribution in [3.8, 4) is 0 Å². The van der Waals surface area contributed by atoms with Crippen molar-refractivity contribution in [3.63, 3.8) is 0 Å². The molecule has 2 aromatic rings. The standard InChI is InChI=1S/C13H12Cl2N4O/c1-6-11(13(17)20)12(16)19-10(18-6)4-7-2-3-8(14)5-9(7)15/h2-3,5H,4H2,1H3,(H2,17,20)(H2,16,18,19). The lowest BCUT2D eigenvalue weighted by Crippen LogP contribution is -2.18. The molecule has 1 heterocycles. The van der Waals surface area contributed by atoms with Gasteiger partial charge in [0.05, 0.1) is 5.69 Å². The summed E-state index contributed by atoms with van der Waals surface area (Å²) in [6.07, 6.45) is 0.389. The average Bonchev–Trinajstić information content (AvgIpc) is 2.31. The number of anilines is 1. The molecule has 0 bridgehead atoms. The zero-order valence-corrected chi connectivity index (χ0v) is 12.2. The minimum absolute atomic E-state index is 0.0742. The third kappa shape index (κ3) is 3.00. The Bertz CT molecular complexity index is 665. The molecular formula is C13H12Cl2N4O. The van der Waals surface area contributed by atoms with Crippen molar-refractivity contribution in [2.24, 2.45) is 5.73 Å². The third-order valence-electron chi connectivity index (χ3n) is 2.77. The highest BCUT2D eigenvalue weighted by molar-refractivity contribution is 6.35. The Labute approximate surface area is 125 Å². The fourth-order valence-electron chi connectivity index (χ4n) is 1.87. The van der Waals surface area contributed by atoms with Crippen LogP contribution >= 0.6 is 23.2 Å². The van der Waals surface area contributed by atoms with Gasteiger partial charge in [0.15, 0.2) is 0 Å². The minimum atomic E-state index is -0.643. The lowest BCUT2D eigenvalue weighted by atomic mass is 10.1. The van der Waals surface area contributed by atoms with Crippen molar-refractivity contribution in [3.05, 3.63) is 50.9 Å². The lowest BCUT2D eigenvalue weighted by molar-refractivity contribution is 0.1000. The first-order valence-electron chi connectivity index (χ1n) is 5.75. The van der Waals surface area contributed by atoms with E-state index in [9.17, 15) is 4.79 Å². The van der Waals surface area contributed by atoms with Crippen molar-refractivity contribution in [2.45, 2.75) is 13.3 Å². The van der Waals surface area contributed by atoms with Crippen LogP contribution in [-0.2, 0) is 6.42 Å². The summed E-state index contributed by atoms with van der Waals surface area (Å²) in [7, 11) is 0. The molecule has 20 heavy (non-hydrogen) atoms. The van der Waals surface area contributed by atoms with Gasteiger partial charge >= 0.3 is 0 Å². The predicted molar refractivity (Wildman–Crippen MR) is 79.0 cm³/mol. The summed E-state index contributed by atoms with van der Waals surface area (Å²) >= 11 is 11.9. The van der Waals surface area contributed by atoms with Crippen molar-refractivity contribution in [2.75, 3.05) is 5.73 Å². The highest BCUT2D eigenvalue weighted by atomic mass is 35.5. The van der Waals surface area contributed by atoms with E-state index in [4.69, 9.17) is 34.7 Å². The predicted octanol–water partition coefficient (Wildman–Crippen LogP) is 2.36. The van der Waals surface area contributed by atoms with Gasteiger partial charge in [0.1, 0.15) is 17.2 Å². The number of nitrogen functional groups attached to an aromatic ring is 1. The van der Waals surface area contributed by atoms with Crippen LogP contribution in [0.2, 0.25) is 10.0 Å². The number of aryl methyl sites for hydroxylation is 1. The normalized spacial score (nSPS) is 10.6. The summed E-state index contributed by atoms with van der Waals surface area (Å²) < 4.78 is 0. The van der Waals surface area contributed by atoms with Gasteiger partial charge in [-0.3, -0.25) is 4.79 Å². The van der Waals surface area contributed by atoms with Gasteiger partial charge in [0.25, 0.3) is 5.91 Å². The van der Waals surface area contributed by atoms with Crippen LogP contribution in [0.3, 0.4) is 0 Å². The van der Waals surface area contributed by atoms with Crippen LogP contribution in [0.1, 0.15) is 27.4 Å². The van der Waals surface area contributed by atoms with Crippen LogP contribution in [0.4, 0.5) is 5.82 Å². The van der Waals surface area contributed by atoms with Crippen LogP contribution in [0, 0.1) is 6.92 Å². The number of amides is 1. The average molecular weight is 311 g/mol. The molecule has 0 aliphatic heterocycles. The van der Waals surface area contributed by atoms with E-state index >= 15 is 0 Å². The second-order valence-corrected chi connectivity index (χ2v) is 5.11. The van der Waals surface area contributed by atoms with Gasteiger partial charge < -0.3 is 11.5 Å². The SMILES string of the molecule is Cc1nc(Cc2ccc(Cl)cc2Cl)nc(N)c1C(N)=O. The monoisotopic (exact) mass is 310 g/mol. The maximum absolute atomic E-state index is 11.2. The number of carbonyl (C=O) groups is 1. The fourth-order valence-corrected chi connectivity index (χ4v) is 2.35. The highest BCUT2D eigenvalue weighted by Gasteiger charge is 2.14. The minimum Gasteiger partial charge on any atom is -0.383 e. The summed E-state index contributed by atoms with van der Waals surface area (Å²) in [6.45, 7) is 1.66. The molecule has 0 fully saturated rings. The highest BCUT2D eigenvalue weighted by Crippen LogP contribution is 2.23. The van der Waals surface area contributed by atoms with Crippen molar-refractivity contribution >= 4 is 34.9 Å². The number of nitrogens with zero attached hydrogens (tertiary/aromatic N) is 2. The van der Waals surface area contributed by atoms with Gasteiger partial charge in [0.2, 0.25) is 0 Å². The number of rotatable bonds is 3. The zero-order chi connectivity index (χ0) is 14.9. The smallest absolute Gasteiger partial charge is 0.254 e. The van der Waals surface area contributed by atoms with Gasteiger partial charge in [-0.25, -0.2) is 9.97 Å². The van der Waals surface area contributed by atoms with E-state index < -0.39 is 5.91 Å². The molecule has 0 saturated carbocycles. The second kappa shape index (κ2) is 5.64. The Morgan fingerprint density at radius 1 is 1.30 bits per heavy atom. The topological polar surface area (TPSA) is 94.9 Å². The van der Waals surface area contributed by atoms with E-state index in [0.29, 0.717) is 28.0 Å². The molecule has 0 spiro atoms. The molecule has 0 saturated heterocycles. The largest absolute Gasteiger partial charge is 0.383 e. The number of primary amides is 1. The molecule has 104 valence electrons. The molecule has 0 aliphatic carbocycles. The first-order valence-corrected chi connectivity index (χ1v) is 6.50. The number of benzene rings is 1. The molecule has 7 heteroatoms. The van der Waals surface area contributed by atoms with Crippen LogP contribution < -0.4 is 11.5 Å². The number of halogens is 2. The molecule has 1 amide bonds. The summed E-state index contributed by atoms with van der Waals surface area (Å²) in [6, 6.07) is 5.17. The molecule has 4 N–H and O–H groups in total. The number of hydrogen-bond donors (Lipinski definition) is 2. The Hall–Kier alpha value is -1.85. The van der Waals surface area contributed by atoms with Gasteiger partial charge in [-0.2, -0.15) is 0 Å². The van der Waals surface area contributed by atoms with Gasteiger partial charge in [-0.05, 0) is 24.6 Å². The Morgan fingerprint density at radius 2 is 2.00 bits per heavy atom. The zero-order valence-electron chi connectivity index (χ0n) is 10.7. The molecule has 2 rings (SSSR count).